The SMILES string of the molecule is CN(c1ccccc1F)c1ccc(/C(N)=N/O)cc1Br. The van der Waals surface area contributed by atoms with Gasteiger partial charge in [-0.2, -0.15) is 0 Å². The van der Waals surface area contributed by atoms with Crippen LogP contribution >= 0.6 is 15.9 Å². The first-order valence-corrected chi connectivity index (χ1v) is 6.59. The minimum atomic E-state index is -0.303. The van der Waals surface area contributed by atoms with E-state index in [0.717, 1.165) is 5.69 Å². The van der Waals surface area contributed by atoms with E-state index >= 15 is 0 Å². The molecule has 6 heteroatoms. The minimum Gasteiger partial charge on any atom is -0.409 e. The molecule has 0 spiro atoms. The summed E-state index contributed by atoms with van der Waals surface area (Å²) in [6.07, 6.45) is 0. The van der Waals surface area contributed by atoms with Gasteiger partial charge in [0.05, 0.1) is 11.4 Å². The molecular formula is C14H13BrFN3O. The van der Waals surface area contributed by atoms with Crippen LogP contribution in [0.2, 0.25) is 0 Å². The van der Waals surface area contributed by atoms with Crippen molar-refractivity contribution in [3.63, 3.8) is 0 Å². The van der Waals surface area contributed by atoms with Crippen molar-refractivity contribution in [3.8, 4) is 0 Å². The summed E-state index contributed by atoms with van der Waals surface area (Å²) < 4.78 is 14.5. The zero-order valence-corrected chi connectivity index (χ0v) is 12.3. The summed E-state index contributed by atoms with van der Waals surface area (Å²) in [6, 6.07) is 11.7. The van der Waals surface area contributed by atoms with Crippen molar-refractivity contribution in [2.75, 3.05) is 11.9 Å². The molecule has 20 heavy (non-hydrogen) atoms. The Balaban J connectivity index is 2.41. The van der Waals surface area contributed by atoms with Crippen LogP contribution in [0.3, 0.4) is 0 Å². The summed E-state index contributed by atoms with van der Waals surface area (Å²) in [6.45, 7) is 0. The summed E-state index contributed by atoms with van der Waals surface area (Å²) in [4.78, 5) is 1.72. The third-order valence-electron chi connectivity index (χ3n) is 2.93. The highest BCUT2D eigenvalue weighted by Crippen LogP contribution is 2.32. The first-order chi connectivity index (χ1) is 9.54. The van der Waals surface area contributed by atoms with Crippen molar-refractivity contribution in [2.45, 2.75) is 0 Å². The van der Waals surface area contributed by atoms with Gasteiger partial charge in [-0.15, -0.1) is 0 Å². The number of anilines is 2. The maximum atomic E-state index is 13.8. The van der Waals surface area contributed by atoms with Gasteiger partial charge >= 0.3 is 0 Å². The molecule has 0 aromatic heterocycles. The third-order valence-corrected chi connectivity index (χ3v) is 3.56. The molecule has 2 rings (SSSR count). The van der Waals surface area contributed by atoms with Crippen molar-refractivity contribution in [2.24, 2.45) is 10.9 Å². The Labute approximate surface area is 124 Å². The highest BCUT2D eigenvalue weighted by Gasteiger charge is 2.12. The van der Waals surface area contributed by atoms with Gasteiger partial charge < -0.3 is 15.8 Å². The van der Waals surface area contributed by atoms with Crippen LogP contribution in [0.25, 0.3) is 0 Å². The van der Waals surface area contributed by atoms with Crippen LogP contribution in [-0.2, 0) is 0 Å². The predicted molar refractivity (Wildman–Crippen MR) is 81.1 cm³/mol. The van der Waals surface area contributed by atoms with Crippen LogP contribution in [0, 0.1) is 5.82 Å². The number of para-hydroxylation sites is 1. The highest BCUT2D eigenvalue weighted by atomic mass is 79.9. The smallest absolute Gasteiger partial charge is 0.170 e. The second-order valence-corrected chi connectivity index (χ2v) is 5.02. The second-order valence-electron chi connectivity index (χ2n) is 4.16. The molecule has 0 saturated heterocycles. The lowest BCUT2D eigenvalue weighted by molar-refractivity contribution is 0.318. The Bertz CT molecular complexity index is 661. The van der Waals surface area contributed by atoms with Crippen LogP contribution in [0.15, 0.2) is 52.1 Å². The number of amidine groups is 1. The molecule has 0 fully saturated rings. The average Bonchev–Trinajstić information content (AvgIpc) is 2.46. The van der Waals surface area contributed by atoms with Gasteiger partial charge in [0.1, 0.15) is 5.82 Å². The molecule has 0 radical (unpaired) electrons. The van der Waals surface area contributed by atoms with Gasteiger partial charge in [-0.25, -0.2) is 4.39 Å². The number of halogens is 2. The maximum Gasteiger partial charge on any atom is 0.170 e. The topological polar surface area (TPSA) is 61.8 Å². The van der Waals surface area contributed by atoms with Crippen molar-refractivity contribution in [1.29, 1.82) is 0 Å². The lowest BCUT2D eigenvalue weighted by atomic mass is 10.1. The highest BCUT2D eigenvalue weighted by molar-refractivity contribution is 9.10. The number of nitrogens with two attached hydrogens (primary N) is 1. The molecule has 2 aromatic carbocycles. The summed E-state index contributed by atoms with van der Waals surface area (Å²) >= 11 is 3.41. The number of oxime groups is 1. The van der Waals surface area contributed by atoms with Gasteiger partial charge in [0, 0.05) is 17.1 Å². The van der Waals surface area contributed by atoms with E-state index in [4.69, 9.17) is 10.9 Å². The van der Waals surface area contributed by atoms with Crippen molar-refractivity contribution in [1.82, 2.24) is 0 Å². The van der Waals surface area contributed by atoms with E-state index in [1.807, 2.05) is 0 Å². The number of nitrogens with zero attached hydrogens (tertiary/aromatic N) is 2. The number of benzene rings is 2. The van der Waals surface area contributed by atoms with Crippen LogP contribution in [0.4, 0.5) is 15.8 Å². The molecular weight excluding hydrogens is 325 g/mol. The van der Waals surface area contributed by atoms with E-state index in [0.29, 0.717) is 15.7 Å². The van der Waals surface area contributed by atoms with E-state index in [1.54, 1.807) is 48.3 Å². The standard InChI is InChI=1S/C14H13BrFN3O/c1-19(13-5-3-2-4-11(13)16)12-7-6-9(8-10(12)15)14(17)18-20/h2-8,20H,1H3,(H2,17,18). The first kappa shape index (κ1) is 14.3. The monoisotopic (exact) mass is 337 g/mol. The number of hydrogen-bond acceptors (Lipinski definition) is 3. The van der Waals surface area contributed by atoms with Gasteiger partial charge in [-0.05, 0) is 46.3 Å². The summed E-state index contributed by atoms with van der Waals surface area (Å²) in [5.41, 5.74) is 7.34. The van der Waals surface area contributed by atoms with Crippen LogP contribution in [0.5, 0.6) is 0 Å². The van der Waals surface area contributed by atoms with E-state index in [-0.39, 0.29) is 11.7 Å². The molecule has 0 aliphatic carbocycles. The van der Waals surface area contributed by atoms with Gasteiger partial charge in [0.25, 0.3) is 0 Å². The first-order valence-electron chi connectivity index (χ1n) is 5.80. The Morgan fingerprint density at radius 1 is 1.25 bits per heavy atom. The molecule has 0 aliphatic heterocycles. The molecule has 0 heterocycles. The lowest BCUT2D eigenvalue weighted by Crippen LogP contribution is -2.15. The lowest BCUT2D eigenvalue weighted by Gasteiger charge is -2.21. The maximum absolute atomic E-state index is 13.8. The molecule has 4 nitrogen and oxygen atoms in total. The fraction of sp³-hybridized carbons (Fsp3) is 0.0714. The summed E-state index contributed by atoms with van der Waals surface area (Å²) in [5.74, 6) is -0.284. The minimum absolute atomic E-state index is 0.0193. The molecule has 0 bridgehead atoms. The Hall–Kier alpha value is -2.08. The van der Waals surface area contributed by atoms with Crippen LogP contribution in [-0.4, -0.2) is 18.1 Å². The number of hydrogen-bond donors (Lipinski definition) is 2. The Morgan fingerprint density at radius 3 is 2.55 bits per heavy atom. The van der Waals surface area contributed by atoms with E-state index < -0.39 is 0 Å². The fourth-order valence-corrected chi connectivity index (χ4v) is 2.49. The molecule has 3 N–H and O–H groups in total. The van der Waals surface area contributed by atoms with E-state index in [1.165, 1.54) is 6.07 Å². The van der Waals surface area contributed by atoms with Crippen molar-refractivity contribution in [3.05, 3.63) is 58.3 Å². The third kappa shape index (κ3) is 2.75. The quantitative estimate of drug-likeness (QED) is 0.390. The predicted octanol–water partition coefficient (Wildman–Crippen LogP) is 3.45. The van der Waals surface area contributed by atoms with Gasteiger partial charge in [-0.3, -0.25) is 0 Å². The van der Waals surface area contributed by atoms with E-state index in [9.17, 15) is 4.39 Å². The van der Waals surface area contributed by atoms with Crippen molar-refractivity contribution >= 4 is 33.1 Å². The molecule has 0 unspecified atom stereocenters. The van der Waals surface area contributed by atoms with Gasteiger partial charge in [0.2, 0.25) is 0 Å². The average molecular weight is 338 g/mol. The summed E-state index contributed by atoms with van der Waals surface area (Å²) in [7, 11) is 1.77. The Morgan fingerprint density at radius 2 is 1.95 bits per heavy atom. The molecule has 2 aromatic rings. The van der Waals surface area contributed by atoms with Gasteiger partial charge in [0.15, 0.2) is 5.84 Å². The van der Waals surface area contributed by atoms with Crippen LogP contribution < -0.4 is 10.6 Å². The number of rotatable bonds is 3. The molecule has 104 valence electrons. The summed E-state index contributed by atoms with van der Waals surface area (Å²) in [5, 5.41) is 11.6. The molecule has 0 aliphatic rings. The normalized spacial score (nSPS) is 11.4. The second kappa shape index (κ2) is 5.92. The molecule has 0 atom stereocenters. The zero-order valence-electron chi connectivity index (χ0n) is 10.7. The van der Waals surface area contributed by atoms with Crippen LogP contribution in [0.1, 0.15) is 5.56 Å². The molecule has 0 saturated carbocycles. The van der Waals surface area contributed by atoms with E-state index in [2.05, 4.69) is 21.1 Å². The Kier molecular flexibility index (Phi) is 4.24. The largest absolute Gasteiger partial charge is 0.409 e. The van der Waals surface area contributed by atoms with Gasteiger partial charge in [-0.1, -0.05) is 17.3 Å². The van der Waals surface area contributed by atoms with Crippen molar-refractivity contribution < 1.29 is 9.60 Å². The zero-order chi connectivity index (χ0) is 14.7. The molecule has 0 amide bonds. The fourth-order valence-electron chi connectivity index (χ4n) is 1.85.